The number of likely N-dealkylation sites (tertiary alicyclic amines) is 1. The predicted octanol–water partition coefficient (Wildman–Crippen LogP) is 4.23. The standard InChI is InChI=1S/C21H23BrN2O7S/c1-30-21(29)24-7-5-12(6-8-24)10-23-14-4-2-3-13(9-14)18-16(22)17(31-11-15(25)26)19(32-18)20(27)28/h2-4,9,12,23H,5-8,10-11H2,1H3,(H,25,26)(H,27,28). The van der Waals surface area contributed by atoms with E-state index in [9.17, 15) is 19.5 Å². The van der Waals surface area contributed by atoms with E-state index in [-0.39, 0.29) is 16.7 Å². The van der Waals surface area contributed by atoms with E-state index in [1.54, 1.807) is 4.90 Å². The first-order chi connectivity index (χ1) is 15.3. The Labute approximate surface area is 197 Å². The number of benzene rings is 1. The summed E-state index contributed by atoms with van der Waals surface area (Å²) in [6.07, 6.45) is 1.47. The SMILES string of the molecule is COC(=O)N1CCC(CNc2cccc(-c3sc(C(=O)O)c(OCC(=O)O)c3Br)c2)CC1. The zero-order valence-corrected chi connectivity index (χ0v) is 19.7. The number of hydrogen-bond acceptors (Lipinski definition) is 7. The highest BCUT2D eigenvalue weighted by Gasteiger charge is 2.25. The summed E-state index contributed by atoms with van der Waals surface area (Å²) in [6, 6.07) is 7.55. The van der Waals surface area contributed by atoms with E-state index < -0.39 is 18.5 Å². The fourth-order valence-electron chi connectivity index (χ4n) is 3.47. The number of nitrogens with zero attached hydrogens (tertiary/aromatic N) is 1. The molecule has 0 unspecified atom stereocenters. The topological polar surface area (TPSA) is 125 Å². The van der Waals surface area contributed by atoms with Gasteiger partial charge in [-0.05, 0) is 52.4 Å². The number of nitrogens with one attached hydrogen (secondary N) is 1. The maximum atomic E-state index is 11.6. The van der Waals surface area contributed by atoms with Gasteiger partial charge in [0.1, 0.15) is 0 Å². The van der Waals surface area contributed by atoms with Crippen molar-refractivity contribution in [3.8, 4) is 16.2 Å². The molecule has 1 aromatic carbocycles. The van der Waals surface area contributed by atoms with Crippen molar-refractivity contribution in [3.63, 3.8) is 0 Å². The molecule has 0 bridgehead atoms. The first-order valence-electron chi connectivity index (χ1n) is 9.87. The molecule has 1 aliphatic heterocycles. The first-order valence-corrected chi connectivity index (χ1v) is 11.5. The minimum atomic E-state index is -1.19. The third kappa shape index (κ3) is 5.71. The Morgan fingerprint density at radius 3 is 2.59 bits per heavy atom. The van der Waals surface area contributed by atoms with Gasteiger partial charge in [0.05, 0.1) is 16.5 Å². The number of thiophene rings is 1. The molecular weight excluding hydrogens is 504 g/mol. The molecule has 1 aromatic heterocycles. The summed E-state index contributed by atoms with van der Waals surface area (Å²) in [5.41, 5.74) is 1.66. The summed E-state index contributed by atoms with van der Waals surface area (Å²) < 4.78 is 10.4. The third-order valence-electron chi connectivity index (χ3n) is 5.11. The van der Waals surface area contributed by atoms with E-state index in [1.165, 1.54) is 7.11 Å². The Hall–Kier alpha value is -2.79. The van der Waals surface area contributed by atoms with Crippen LogP contribution in [0.5, 0.6) is 5.75 Å². The molecule has 2 aromatic rings. The average Bonchev–Trinajstić information content (AvgIpc) is 3.12. The van der Waals surface area contributed by atoms with E-state index in [2.05, 4.69) is 21.2 Å². The smallest absolute Gasteiger partial charge is 0.409 e. The highest BCUT2D eigenvalue weighted by atomic mass is 79.9. The number of rotatable bonds is 8. The minimum absolute atomic E-state index is 0.00984. The van der Waals surface area contributed by atoms with Crippen LogP contribution in [-0.4, -0.2) is 66.5 Å². The third-order valence-corrected chi connectivity index (χ3v) is 7.34. The molecule has 0 atom stereocenters. The van der Waals surface area contributed by atoms with Gasteiger partial charge in [0.25, 0.3) is 0 Å². The second-order valence-electron chi connectivity index (χ2n) is 7.25. The Balaban J connectivity index is 1.70. The van der Waals surface area contributed by atoms with Gasteiger partial charge in [-0.2, -0.15) is 0 Å². The maximum absolute atomic E-state index is 11.6. The number of ether oxygens (including phenoxy) is 2. The largest absolute Gasteiger partial charge is 0.479 e. The molecular formula is C21H23BrN2O7S. The minimum Gasteiger partial charge on any atom is -0.479 e. The molecule has 3 N–H and O–H groups in total. The van der Waals surface area contributed by atoms with Gasteiger partial charge in [-0.1, -0.05) is 12.1 Å². The number of methoxy groups -OCH3 is 1. The number of carboxylic acid groups (broad SMARTS) is 2. The molecule has 1 amide bonds. The second kappa shape index (κ2) is 10.7. The maximum Gasteiger partial charge on any atom is 0.409 e. The van der Waals surface area contributed by atoms with E-state index in [0.717, 1.165) is 42.0 Å². The van der Waals surface area contributed by atoms with Gasteiger partial charge in [-0.25, -0.2) is 14.4 Å². The Morgan fingerprint density at radius 1 is 1.25 bits per heavy atom. The molecule has 172 valence electrons. The number of amides is 1. The molecule has 0 radical (unpaired) electrons. The normalized spacial score (nSPS) is 14.1. The number of carbonyl (C=O) groups is 3. The van der Waals surface area contributed by atoms with E-state index in [4.69, 9.17) is 14.6 Å². The predicted molar refractivity (Wildman–Crippen MR) is 123 cm³/mol. The van der Waals surface area contributed by atoms with Crippen LogP contribution in [0.15, 0.2) is 28.7 Å². The van der Waals surface area contributed by atoms with Gasteiger partial charge >= 0.3 is 18.0 Å². The monoisotopic (exact) mass is 526 g/mol. The molecule has 2 heterocycles. The summed E-state index contributed by atoms with van der Waals surface area (Å²) in [4.78, 5) is 36.3. The number of hydrogen-bond donors (Lipinski definition) is 3. The zero-order chi connectivity index (χ0) is 23.3. The van der Waals surface area contributed by atoms with Crippen LogP contribution in [0.2, 0.25) is 0 Å². The van der Waals surface area contributed by atoms with E-state index in [0.29, 0.717) is 28.4 Å². The van der Waals surface area contributed by atoms with Crippen molar-refractivity contribution in [1.82, 2.24) is 4.90 Å². The lowest BCUT2D eigenvalue weighted by Crippen LogP contribution is -2.39. The quantitative estimate of drug-likeness (QED) is 0.466. The molecule has 32 heavy (non-hydrogen) atoms. The van der Waals surface area contributed by atoms with Crippen LogP contribution < -0.4 is 10.1 Å². The molecule has 0 aliphatic carbocycles. The van der Waals surface area contributed by atoms with Crippen molar-refractivity contribution in [2.45, 2.75) is 12.8 Å². The second-order valence-corrected chi connectivity index (χ2v) is 9.07. The molecule has 0 saturated carbocycles. The van der Waals surface area contributed by atoms with Crippen LogP contribution in [0, 0.1) is 5.92 Å². The van der Waals surface area contributed by atoms with Crippen molar-refractivity contribution in [2.75, 3.05) is 38.7 Å². The molecule has 9 nitrogen and oxygen atoms in total. The zero-order valence-electron chi connectivity index (χ0n) is 17.3. The van der Waals surface area contributed by atoms with Crippen LogP contribution in [0.1, 0.15) is 22.5 Å². The number of halogens is 1. The van der Waals surface area contributed by atoms with Crippen molar-refractivity contribution < 1.29 is 34.1 Å². The summed E-state index contributed by atoms with van der Waals surface area (Å²) in [6.45, 7) is 1.44. The van der Waals surface area contributed by atoms with Crippen LogP contribution in [0.25, 0.3) is 10.4 Å². The lowest BCUT2D eigenvalue weighted by atomic mass is 9.97. The Bertz CT molecular complexity index is 1000. The Morgan fingerprint density at radius 2 is 1.97 bits per heavy atom. The number of aliphatic carboxylic acids is 1. The summed E-state index contributed by atoms with van der Waals surface area (Å²) in [5.74, 6) is -1.95. The van der Waals surface area contributed by atoms with Gasteiger partial charge < -0.3 is 29.9 Å². The molecule has 1 aliphatic rings. The highest BCUT2D eigenvalue weighted by Crippen LogP contribution is 2.46. The van der Waals surface area contributed by atoms with E-state index >= 15 is 0 Å². The van der Waals surface area contributed by atoms with Crippen LogP contribution in [0.3, 0.4) is 0 Å². The molecule has 0 spiro atoms. The highest BCUT2D eigenvalue weighted by molar-refractivity contribution is 9.10. The molecule has 3 rings (SSSR count). The van der Waals surface area contributed by atoms with Gasteiger partial charge in [0, 0.05) is 25.3 Å². The van der Waals surface area contributed by atoms with Gasteiger partial charge in [-0.15, -0.1) is 11.3 Å². The number of aromatic carboxylic acids is 1. The van der Waals surface area contributed by atoms with Crippen molar-refractivity contribution in [3.05, 3.63) is 33.6 Å². The van der Waals surface area contributed by atoms with E-state index in [1.807, 2.05) is 24.3 Å². The van der Waals surface area contributed by atoms with Crippen LogP contribution in [-0.2, 0) is 9.53 Å². The van der Waals surface area contributed by atoms with Gasteiger partial charge in [-0.3, -0.25) is 0 Å². The first kappa shape index (κ1) is 23.9. The van der Waals surface area contributed by atoms with Gasteiger partial charge in [0.2, 0.25) is 0 Å². The number of piperidine rings is 1. The molecule has 11 heteroatoms. The fourth-order valence-corrected chi connectivity index (χ4v) is 5.35. The van der Waals surface area contributed by atoms with Crippen LogP contribution >= 0.6 is 27.3 Å². The number of carboxylic acids is 2. The number of carbonyl (C=O) groups excluding carboxylic acids is 1. The van der Waals surface area contributed by atoms with Crippen molar-refractivity contribution in [1.29, 1.82) is 0 Å². The molecule has 1 saturated heterocycles. The van der Waals surface area contributed by atoms with Gasteiger partial charge in [0.15, 0.2) is 17.2 Å². The summed E-state index contributed by atoms with van der Waals surface area (Å²) >= 11 is 4.39. The lowest BCUT2D eigenvalue weighted by molar-refractivity contribution is -0.139. The Kier molecular flexibility index (Phi) is 7.97. The number of anilines is 1. The fraction of sp³-hybridized carbons (Fsp3) is 0.381. The summed E-state index contributed by atoms with van der Waals surface area (Å²) in [7, 11) is 1.38. The van der Waals surface area contributed by atoms with Crippen molar-refractivity contribution in [2.24, 2.45) is 5.92 Å². The lowest BCUT2D eigenvalue weighted by Gasteiger charge is -2.31. The average molecular weight is 527 g/mol. The van der Waals surface area contributed by atoms with Crippen molar-refractivity contribution >= 4 is 51.0 Å². The summed E-state index contributed by atoms with van der Waals surface area (Å²) in [5, 5.41) is 21.8. The van der Waals surface area contributed by atoms with Crippen LogP contribution in [0.4, 0.5) is 10.5 Å². The molecule has 1 fully saturated rings.